The van der Waals surface area contributed by atoms with Crippen molar-refractivity contribution in [3.05, 3.63) is 35.6 Å². The molecule has 0 saturated carbocycles. The van der Waals surface area contributed by atoms with E-state index in [0.717, 1.165) is 30.7 Å². The Balaban J connectivity index is 2.50. The minimum absolute atomic E-state index is 0.374. The van der Waals surface area contributed by atoms with Gasteiger partial charge in [0.25, 0.3) is 0 Å². The maximum absolute atomic E-state index is 6.02. The van der Waals surface area contributed by atoms with Crippen molar-refractivity contribution in [2.45, 2.75) is 46.6 Å². The molecule has 1 N–H and O–H groups in total. The van der Waals surface area contributed by atoms with Crippen molar-refractivity contribution in [3.8, 4) is 0 Å². The summed E-state index contributed by atoms with van der Waals surface area (Å²) < 4.78 is 6.02. The van der Waals surface area contributed by atoms with E-state index in [2.05, 4.69) is 51.2 Å². The maximum atomic E-state index is 6.02. The van der Waals surface area contributed by atoms with Gasteiger partial charge < -0.3 is 9.73 Å². The molecule has 0 aliphatic rings. The summed E-state index contributed by atoms with van der Waals surface area (Å²) in [4.78, 5) is 0. The zero-order valence-corrected chi connectivity index (χ0v) is 12.5. The molecule has 1 unspecified atom stereocenters. The van der Waals surface area contributed by atoms with Crippen LogP contribution in [0, 0.1) is 5.92 Å². The first-order chi connectivity index (χ1) is 9.19. The second-order valence-electron chi connectivity index (χ2n) is 5.46. The molecule has 2 nitrogen and oxygen atoms in total. The zero-order chi connectivity index (χ0) is 13.8. The highest BCUT2D eigenvalue weighted by molar-refractivity contribution is 5.82. The predicted molar refractivity (Wildman–Crippen MR) is 81.5 cm³/mol. The van der Waals surface area contributed by atoms with E-state index in [9.17, 15) is 0 Å². The number of rotatable bonds is 6. The molecule has 0 amide bonds. The van der Waals surface area contributed by atoms with Gasteiger partial charge in [-0.3, -0.25) is 0 Å². The van der Waals surface area contributed by atoms with Gasteiger partial charge in [-0.05, 0) is 24.9 Å². The molecule has 1 aromatic heterocycles. The van der Waals surface area contributed by atoms with Crippen LogP contribution in [0.4, 0.5) is 0 Å². The monoisotopic (exact) mass is 259 g/mol. The normalized spacial score (nSPS) is 13.3. The summed E-state index contributed by atoms with van der Waals surface area (Å²) in [7, 11) is 0. The lowest BCUT2D eigenvalue weighted by Crippen LogP contribution is -2.27. The molecular weight excluding hydrogens is 234 g/mol. The number of para-hydroxylation sites is 1. The number of benzene rings is 1. The second kappa shape index (κ2) is 6.25. The summed E-state index contributed by atoms with van der Waals surface area (Å²) in [5.74, 6) is 1.68. The fourth-order valence-corrected chi connectivity index (χ4v) is 2.69. The summed E-state index contributed by atoms with van der Waals surface area (Å²) in [6.07, 6.45) is 2.10. The number of nitrogens with one attached hydrogen (secondary N) is 1. The van der Waals surface area contributed by atoms with E-state index in [4.69, 9.17) is 4.42 Å². The number of furan rings is 1. The van der Waals surface area contributed by atoms with Crippen LogP contribution in [-0.2, 0) is 6.42 Å². The Morgan fingerprint density at radius 1 is 1.16 bits per heavy atom. The molecule has 104 valence electrons. The van der Waals surface area contributed by atoms with Gasteiger partial charge in [0.15, 0.2) is 0 Å². The van der Waals surface area contributed by atoms with Gasteiger partial charge in [-0.25, -0.2) is 0 Å². The number of hydrogen-bond acceptors (Lipinski definition) is 2. The first-order valence-corrected chi connectivity index (χ1v) is 7.42. The minimum Gasteiger partial charge on any atom is -0.461 e. The molecule has 1 heterocycles. The van der Waals surface area contributed by atoms with Crippen LogP contribution >= 0.6 is 0 Å². The molecule has 0 spiro atoms. The van der Waals surface area contributed by atoms with Crippen LogP contribution in [0.15, 0.2) is 28.7 Å². The average molecular weight is 259 g/mol. The van der Waals surface area contributed by atoms with Gasteiger partial charge in [-0.2, -0.15) is 0 Å². The lowest BCUT2D eigenvalue weighted by molar-refractivity contribution is 0.404. The van der Waals surface area contributed by atoms with E-state index in [1.54, 1.807) is 0 Å². The fourth-order valence-electron chi connectivity index (χ4n) is 2.69. The van der Waals surface area contributed by atoms with Gasteiger partial charge in [0.2, 0.25) is 0 Å². The molecule has 0 fully saturated rings. The highest BCUT2D eigenvalue weighted by Gasteiger charge is 2.23. The van der Waals surface area contributed by atoms with E-state index in [1.807, 2.05) is 6.07 Å². The SMILES string of the molecule is CCCNC(c1c(CC)oc2ccccc12)C(C)C. The molecule has 1 atom stereocenters. The van der Waals surface area contributed by atoms with Gasteiger partial charge in [0, 0.05) is 23.4 Å². The highest BCUT2D eigenvalue weighted by Crippen LogP contribution is 2.34. The van der Waals surface area contributed by atoms with Crippen molar-refractivity contribution >= 4 is 11.0 Å². The molecule has 0 bridgehead atoms. The highest BCUT2D eigenvalue weighted by atomic mass is 16.3. The van der Waals surface area contributed by atoms with Crippen molar-refractivity contribution in [3.63, 3.8) is 0 Å². The molecule has 0 aliphatic heterocycles. The van der Waals surface area contributed by atoms with Crippen LogP contribution in [0.1, 0.15) is 51.5 Å². The summed E-state index contributed by atoms with van der Waals surface area (Å²) in [6.45, 7) is 9.96. The second-order valence-corrected chi connectivity index (χ2v) is 5.46. The third-order valence-electron chi connectivity index (χ3n) is 3.62. The lowest BCUT2D eigenvalue weighted by Gasteiger charge is -2.23. The quantitative estimate of drug-likeness (QED) is 0.814. The van der Waals surface area contributed by atoms with Crippen molar-refractivity contribution in [2.75, 3.05) is 6.54 Å². The fraction of sp³-hybridized carbons (Fsp3) is 0.529. The first kappa shape index (κ1) is 14.1. The van der Waals surface area contributed by atoms with Crippen LogP contribution in [0.25, 0.3) is 11.0 Å². The smallest absolute Gasteiger partial charge is 0.134 e. The largest absolute Gasteiger partial charge is 0.461 e. The van der Waals surface area contributed by atoms with E-state index in [-0.39, 0.29) is 0 Å². The minimum atomic E-state index is 0.374. The maximum Gasteiger partial charge on any atom is 0.134 e. The zero-order valence-electron chi connectivity index (χ0n) is 12.5. The number of aryl methyl sites for hydroxylation is 1. The summed E-state index contributed by atoms with van der Waals surface area (Å²) in [6, 6.07) is 8.75. The first-order valence-electron chi connectivity index (χ1n) is 7.42. The Morgan fingerprint density at radius 2 is 1.89 bits per heavy atom. The summed E-state index contributed by atoms with van der Waals surface area (Å²) >= 11 is 0. The Labute approximate surface area is 116 Å². The number of fused-ring (bicyclic) bond motifs is 1. The molecule has 0 radical (unpaired) electrons. The predicted octanol–water partition coefficient (Wildman–Crippen LogP) is 4.69. The van der Waals surface area contributed by atoms with Crippen LogP contribution in [0.3, 0.4) is 0 Å². The van der Waals surface area contributed by atoms with Gasteiger partial charge >= 0.3 is 0 Å². The average Bonchev–Trinajstić information content (AvgIpc) is 2.78. The lowest BCUT2D eigenvalue weighted by atomic mass is 9.92. The third-order valence-corrected chi connectivity index (χ3v) is 3.62. The summed E-state index contributed by atoms with van der Waals surface area (Å²) in [5, 5.41) is 4.94. The third kappa shape index (κ3) is 2.84. The van der Waals surface area contributed by atoms with E-state index >= 15 is 0 Å². The van der Waals surface area contributed by atoms with Crippen molar-refractivity contribution in [1.29, 1.82) is 0 Å². The molecule has 0 saturated heterocycles. The Kier molecular flexibility index (Phi) is 4.65. The van der Waals surface area contributed by atoms with Gasteiger partial charge in [-0.1, -0.05) is 45.9 Å². The standard InChI is InChI=1S/C17H25NO/c1-5-11-18-17(12(3)4)16-13-9-7-8-10-15(13)19-14(16)6-2/h7-10,12,17-18H,5-6,11H2,1-4H3. The number of hydrogen-bond donors (Lipinski definition) is 1. The topological polar surface area (TPSA) is 25.2 Å². The van der Waals surface area contributed by atoms with Crippen LogP contribution < -0.4 is 5.32 Å². The molecule has 2 heteroatoms. The Morgan fingerprint density at radius 3 is 2.53 bits per heavy atom. The van der Waals surface area contributed by atoms with E-state index in [0.29, 0.717) is 12.0 Å². The van der Waals surface area contributed by atoms with Gasteiger partial charge in [0.1, 0.15) is 11.3 Å². The summed E-state index contributed by atoms with van der Waals surface area (Å²) in [5.41, 5.74) is 2.37. The molecule has 2 rings (SSSR count). The van der Waals surface area contributed by atoms with Gasteiger partial charge in [-0.15, -0.1) is 0 Å². The Bertz CT molecular complexity index is 527. The van der Waals surface area contributed by atoms with Crippen molar-refractivity contribution in [1.82, 2.24) is 5.32 Å². The molecule has 19 heavy (non-hydrogen) atoms. The molecule has 2 aromatic rings. The van der Waals surface area contributed by atoms with Gasteiger partial charge in [0.05, 0.1) is 0 Å². The van der Waals surface area contributed by atoms with E-state index in [1.165, 1.54) is 10.9 Å². The van der Waals surface area contributed by atoms with E-state index < -0.39 is 0 Å². The molecular formula is C17H25NO. The van der Waals surface area contributed by atoms with Crippen molar-refractivity contribution < 1.29 is 4.42 Å². The Hall–Kier alpha value is -1.28. The van der Waals surface area contributed by atoms with Crippen LogP contribution in [0.5, 0.6) is 0 Å². The van der Waals surface area contributed by atoms with Crippen LogP contribution in [-0.4, -0.2) is 6.54 Å². The molecule has 1 aromatic carbocycles. The van der Waals surface area contributed by atoms with Crippen LogP contribution in [0.2, 0.25) is 0 Å². The van der Waals surface area contributed by atoms with Crippen molar-refractivity contribution in [2.24, 2.45) is 5.92 Å². The molecule has 0 aliphatic carbocycles.